The summed E-state index contributed by atoms with van der Waals surface area (Å²) in [6, 6.07) is 12.2. The number of nitrogens with zero attached hydrogens (tertiary/aromatic N) is 1. The van der Waals surface area contributed by atoms with Crippen LogP contribution in [0.3, 0.4) is 0 Å². The summed E-state index contributed by atoms with van der Waals surface area (Å²) in [6.45, 7) is 11.5. The highest BCUT2D eigenvalue weighted by molar-refractivity contribution is 5.21. The molecule has 2 nitrogen and oxygen atoms in total. The predicted molar refractivity (Wildman–Crippen MR) is 91.6 cm³/mol. The molecule has 1 aromatic rings. The first-order valence-corrected chi connectivity index (χ1v) is 8.69. The van der Waals surface area contributed by atoms with E-state index in [4.69, 9.17) is 0 Å². The molecule has 21 heavy (non-hydrogen) atoms. The van der Waals surface area contributed by atoms with Crippen LogP contribution in [-0.4, -0.2) is 29.6 Å². The Kier molecular flexibility index (Phi) is 5.83. The fourth-order valence-electron chi connectivity index (χ4n) is 3.57. The molecule has 1 aliphatic heterocycles. The molecule has 1 fully saturated rings. The van der Waals surface area contributed by atoms with Crippen molar-refractivity contribution < 1.29 is 0 Å². The third-order valence-corrected chi connectivity index (χ3v) is 5.18. The summed E-state index contributed by atoms with van der Waals surface area (Å²) in [4.78, 5) is 2.78. The maximum atomic E-state index is 3.80. The Labute approximate surface area is 130 Å². The molecule has 2 heteroatoms. The maximum absolute atomic E-state index is 3.80. The molecule has 3 unspecified atom stereocenters. The molecule has 0 aliphatic carbocycles. The summed E-state index contributed by atoms with van der Waals surface area (Å²) >= 11 is 0. The average Bonchev–Trinajstić information content (AvgIpc) is 2.53. The number of hydrogen-bond donors (Lipinski definition) is 1. The lowest BCUT2D eigenvalue weighted by molar-refractivity contribution is 0.0393. The summed E-state index contributed by atoms with van der Waals surface area (Å²) in [5.41, 5.74) is 1.71. The van der Waals surface area contributed by atoms with Gasteiger partial charge in [-0.3, -0.25) is 4.90 Å². The van der Waals surface area contributed by atoms with E-state index in [1.807, 2.05) is 0 Å². The minimum Gasteiger partial charge on any atom is -0.308 e. The van der Waals surface area contributed by atoms with Gasteiger partial charge in [0.2, 0.25) is 0 Å². The molecule has 1 N–H and O–H groups in total. The van der Waals surface area contributed by atoms with E-state index >= 15 is 0 Å². The summed E-state index contributed by atoms with van der Waals surface area (Å²) < 4.78 is 0. The molecule has 0 amide bonds. The molecule has 118 valence electrons. The standard InChI is InChI=1S/C19H32N2/c1-5-11-17(6-2)21-15-19(4,7-3)20-14-18(21)16-12-9-8-10-13-16/h8-10,12-13,17-18,20H,5-7,11,14-15H2,1-4H3. The normalized spacial score (nSPS) is 28.5. The smallest absolute Gasteiger partial charge is 0.0476 e. The molecule has 1 aromatic carbocycles. The van der Waals surface area contributed by atoms with Crippen LogP contribution in [0.1, 0.15) is 65.0 Å². The molecule has 3 atom stereocenters. The van der Waals surface area contributed by atoms with Crippen molar-refractivity contribution >= 4 is 0 Å². The molecular weight excluding hydrogens is 256 g/mol. The van der Waals surface area contributed by atoms with Crippen LogP contribution in [0.15, 0.2) is 30.3 Å². The SMILES string of the molecule is CCCC(CC)N1CC(C)(CC)NCC1c1ccccc1. The molecular formula is C19H32N2. The van der Waals surface area contributed by atoms with E-state index in [9.17, 15) is 0 Å². The summed E-state index contributed by atoms with van der Waals surface area (Å²) in [7, 11) is 0. The molecule has 0 saturated carbocycles. The first-order valence-electron chi connectivity index (χ1n) is 8.69. The van der Waals surface area contributed by atoms with Gasteiger partial charge >= 0.3 is 0 Å². The zero-order valence-electron chi connectivity index (χ0n) is 14.2. The predicted octanol–water partition coefficient (Wildman–Crippen LogP) is 4.38. The van der Waals surface area contributed by atoms with E-state index in [0.29, 0.717) is 12.1 Å². The van der Waals surface area contributed by atoms with E-state index < -0.39 is 0 Å². The van der Waals surface area contributed by atoms with Crippen molar-refractivity contribution in [1.82, 2.24) is 10.2 Å². The van der Waals surface area contributed by atoms with Gasteiger partial charge in [0.1, 0.15) is 0 Å². The number of rotatable bonds is 6. The fourth-order valence-corrected chi connectivity index (χ4v) is 3.57. The highest BCUT2D eigenvalue weighted by Crippen LogP contribution is 2.32. The van der Waals surface area contributed by atoms with Crippen LogP contribution in [0.25, 0.3) is 0 Å². The van der Waals surface area contributed by atoms with Crippen LogP contribution in [0, 0.1) is 0 Å². The lowest BCUT2D eigenvalue weighted by Crippen LogP contribution is -2.61. The van der Waals surface area contributed by atoms with Crippen molar-refractivity contribution in [1.29, 1.82) is 0 Å². The van der Waals surface area contributed by atoms with E-state index in [1.54, 1.807) is 0 Å². The fraction of sp³-hybridized carbons (Fsp3) is 0.684. The van der Waals surface area contributed by atoms with Crippen LogP contribution in [0.4, 0.5) is 0 Å². The molecule has 1 saturated heterocycles. The molecule has 0 spiro atoms. The van der Waals surface area contributed by atoms with Gasteiger partial charge in [0, 0.05) is 30.7 Å². The third-order valence-electron chi connectivity index (χ3n) is 5.18. The van der Waals surface area contributed by atoms with E-state index in [1.165, 1.54) is 31.2 Å². The van der Waals surface area contributed by atoms with Crippen LogP contribution >= 0.6 is 0 Å². The van der Waals surface area contributed by atoms with Crippen molar-refractivity contribution in [2.45, 2.75) is 71.0 Å². The minimum absolute atomic E-state index is 0.256. The lowest BCUT2D eigenvalue weighted by atomic mass is 9.88. The van der Waals surface area contributed by atoms with Crippen molar-refractivity contribution in [3.05, 3.63) is 35.9 Å². The lowest BCUT2D eigenvalue weighted by Gasteiger charge is -2.49. The minimum atomic E-state index is 0.256. The second-order valence-electron chi connectivity index (χ2n) is 6.74. The van der Waals surface area contributed by atoms with Crippen LogP contribution in [-0.2, 0) is 0 Å². The van der Waals surface area contributed by atoms with Crippen molar-refractivity contribution in [2.75, 3.05) is 13.1 Å². The van der Waals surface area contributed by atoms with Gasteiger partial charge in [-0.2, -0.15) is 0 Å². The van der Waals surface area contributed by atoms with Crippen molar-refractivity contribution in [2.24, 2.45) is 0 Å². The number of piperazine rings is 1. The quantitative estimate of drug-likeness (QED) is 0.835. The van der Waals surface area contributed by atoms with Crippen molar-refractivity contribution in [3.8, 4) is 0 Å². The number of nitrogens with one attached hydrogen (secondary N) is 1. The largest absolute Gasteiger partial charge is 0.308 e. The topological polar surface area (TPSA) is 15.3 Å². The van der Waals surface area contributed by atoms with Crippen LogP contribution in [0.2, 0.25) is 0 Å². The second kappa shape index (κ2) is 7.42. The zero-order chi connectivity index (χ0) is 15.3. The second-order valence-corrected chi connectivity index (χ2v) is 6.74. The molecule has 0 aromatic heterocycles. The van der Waals surface area contributed by atoms with Gasteiger partial charge in [-0.25, -0.2) is 0 Å². The van der Waals surface area contributed by atoms with E-state index in [2.05, 4.69) is 68.2 Å². The molecule has 1 heterocycles. The van der Waals surface area contributed by atoms with Gasteiger partial charge in [0.15, 0.2) is 0 Å². The molecule has 0 bridgehead atoms. The van der Waals surface area contributed by atoms with Crippen LogP contribution in [0.5, 0.6) is 0 Å². The first kappa shape index (κ1) is 16.5. The number of benzene rings is 1. The Bertz CT molecular complexity index is 417. The molecule has 2 rings (SSSR count). The van der Waals surface area contributed by atoms with Gasteiger partial charge < -0.3 is 5.32 Å². The van der Waals surface area contributed by atoms with Gasteiger partial charge in [0.05, 0.1) is 0 Å². The van der Waals surface area contributed by atoms with Crippen molar-refractivity contribution in [3.63, 3.8) is 0 Å². The third kappa shape index (κ3) is 3.87. The molecule has 0 radical (unpaired) electrons. The Balaban J connectivity index is 2.25. The van der Waals surface area contributed by atoms with Gasteiger partial charge in [-0.1, -0.05) is 57.5 Å². The molecule has 1 aliphatic rings. The number of hydrogen-bond acceptors (Lipinski definition) is 2. The highest BCUT2D eigenvalue weighted by Gasteiger charge is 2.37. The summed E-state index contributed by atoms with van der Waals surface area (Å²) in [5.74, 6) is 0. The Morgan fingerprint density at radius 1 is 1.24 bits per heavy atom. The van der Waals surface area contributed by atoms with Gasteiger partial charge in [-0.05, 0) is 31.7 Å². The summed E-state index contributed by atoms with van der Waals surface area (Å²) in [5, 5.41) is 3.80. The Morgan fingerprint density at radius 3 is 2.52 bits per heavy atom. The Hall–Kier alpha value is -0.860. The average molecular weight is 288 g/mol. The van der Waals surface area contributed by atoms with E-state index in [0.717, 1.165) is 13.1 Å². The zero-order valence-corrected chi connectivity index (χ0v) is 14.2. The summed E-state index contributed by atoms with van der Waals surface area (Å²) in [6.07, 6.45) is 5.01. The van der Waals surface area contributed by atoms with Gasteiger partial charge in [-0.15, -0.1) is 0 Å². The highest BCUT2D eigenvalue weighted by atomic mass is 15.3. The monoisotopic (exact) mass is 288 g/mol. The van der Waals surface area contributed by atoms with E-state index in [-0.39, 0.29) is 5.54 Å². The first-order chi connectivity index (χ1) is 10.1. The maximum Gasteiger partial charge on any atom is 0.0476 e. The van der Waals surface area contributed by atoms with Crippen LogP contribution < -0.4 is 5.32 Å². The Morgan fingerprint density at radius 2 is 1.95 bits per heavy atom. The van der Waals surface area contributed by atoms with Gasteiger partial charge in [0.25, 0.3) is 0 Å².